The summed E-state index contributed by atoms with van der Waals surface area (Å²) in [5, 5.41) is 10.1. The molecular formula is C51H66N2O11. The van der Waals surface area contributed by atoms with Crippen molar-refractivity contribution in [1.82, 2.24) is 9.80 Å². The van der Waals surface area contributed by atoms with Gasteiger partial charge in [0.15, 0.2) is 28.8 Å². The van der Waals surface area contributed by atoms with Crippen molar-refractivity contribution < 1.29 is 52.2 Å². The Kier molecular flexibility index (Phi) is 15.0. The van der Waals surface area contributed by atoms with Crippen molar-refractivity contribution in [1.29, 1.82) is 0 Å². The average molecular weight is 883 g/mol. The first-order valence-electron chi connectivity index (χ1n) is 23.1. The van der Waals surface area contributed by atoms with Gasteiger partial charge < -0.3 is 52.3 Å². The van der Waals surface area contributed by atoms with Crippen molar-refractivity contribution in [3.8, 4) is 23.0 Å². The van der Waals surface area contributed by atoms with E-state index in [0.717, 1.165) is 77.9 Å². The second kappa shape index (κ2) is 21.0. The van der Waals surface area contributed by atoms with Crippen molar-refractivity contribution in [2.24, 2.45) is 17.8 Å². The molecule has 3 aromatic carbocycles. The van der Waals surface area contributed by atoms with Crippen LogP contribution in [0.25, 0.3) is 11.0 Å². The van der Waals surface area contributed by atoms with Crippen LogP contribution in [0, 0.1) is 17.8 Å². The van der Waals surface area contributed by atoms with Crippen LogP contribution in [0.15, 0.2) is 71.0 Å². The van der Waals surface area contributed by atoms with Gasteiger partial charge in [-0.3, -0.25) is 9.69 Å². The Balaban J connectivity index is 1.15. The van der Waals surface area contributed by atoms with E-state index in [-0.39, 0.29) is 48.8 Å². The zero-order chi connectivity index (χ0) is 44.7. The summed E-state index contributed by atoms with van der Waals surface area (Å²) in [6.45, 7) is 8.61. The molecule has 0 radical (unpaired) electrons. The summed E-state index contributed by atoms with van der Waals surface area (Å²) in [5.74, 6) is 3.27. The molecule has 13 heteroatoms. The number of carbonyl (C=O) groups excluding carboxylic acids is 1. The highest BCUT2D eigenvalue weighted by atomic mass is 16.7. The standard InChI is InChI=1S/C51H66N2O11/c1-7-32-30-52-16-13-33-25-45(56-3)47(58-5)27-38(33)42(52)23-35(32)24-43-39-28-48(59-6)46(57-4)26-34(39)14-17-53(43)50(55)49-29-40(41-31-63-44-12-10-9-11-36(41)44)37(51(64-49)62-8-2)15-19-60-21-22-61-20-18-54/h9-12,25-29,31-32,35,37,40,42-43,51,54H,7-8,13-24,30H2,1-6H3/t32-,35+,37-,40-,42-,43+,51+/m0/s1. The van der Waals surface area contributed by atoms with Crippen LogP contribution in [0.3, 0.4) is 0 Å². The Morgan fingerprint density at radius 2 is 1.47 bits per heavy atom. The summed E-state index contributed by atoms with van der Waals surface area (Å²) in [5.41, 5.74) is 6.61. The number of carbonyl (C=O) groups is 1. The van der Waals surface area contributed by atoms with E-state index in [2.05, 4.69) is 42.2 Å². The van der Waals surface area contributed by atoms with Gasteiger partial charge in [-0.1, -0.05) is 31.5 Å². The van der Waals surface area contributed by atoms with Gasteiger partial charge in [0.1, 0.15) is 5.58 Å². The molecule has 8 rings (SSSR count). The quantitative estimate of drug-likeness (QED) is 0.0916. The molecular weight excluding hydrogens is 817 g/mol. The number of aliphatic hydroxyl groups excluding tert-OH is 1. The van der Waals surface area contributed by atoms with E-state index in [1.165, 1.54) is 11.1 Å². The molecule has 0 unspecified atom stereocenters. The predicted octanol–water partition coefficient (Wildman–Crippen LogP) is 8.02. The smallest absolute Gasteiger partial charge is 0.289 e. The van der Waals surface area contributed by atoms with Crippen LogP contribution in [-0.4, -0.2) is 115 Å². The van der Waals surface area contributed by atoms with Gasteiger partial charge in [-0.2, -0.15) is 0 Å². The van der Waals surface area contributed by atoms with Gasteiger partial charge in [0, 0.05) is 61.7 Å². The van der Waals surface area contributed by atoms with Gasteiger partial charge in [0.2, 0.25) is 6.29 Å². The minimum atomic E-state index is -0.711. The average Bonchev–Trinajstić information content (AvgIpc) is 3.76. The second-order valence-electron chi connectivity index (χ2n) is 17.3. The van der Waals surface area contributed by atoms with Crippen molar-refractivity contribution in [2.45, 2.75) is 76.7 Å². The van der Waals surface area contributed by atoms with Gasteiger partial charge >= 0.3 is 0 Å². The molecule has 0 bridgehead atoms. The molecule has 346 valence electrons. The lowest BCUT2D eigenvalue weighted by Gasteiger charge is -2.49. The first kappa shape index (κ1) is 45.8. The number of methoxy groups -OCH3 is 4. The SMILES string of the molecule is CCO[C@@H]1OC(C(=O)N2CCc3cc(OC)c(OC)cc3[C@H]2C[C@H]2C[C@H]3c4cc(OC)c(OC)cc4CCN3C[C@@H]2CC)=C[C@H](c2coc3ccccc23)[C@@H]1CCOCCOCCO. The predicted molar refractivity (Wildman–Crippen MR) is 242 cm³/mol. The Labute approximate surface area is 377 Å². The van der Waals surface area contributed by atoms with E-state index in [9.17, 15) is 0 Å². The number of fused-ring (bicyclic) bond motifs is 5. The van der Waals surface area contributed by atoms with Gasteiger partial charge in [-0.05, 0) is 110 Å². The fourth-order valence-electron chi connectivity index (χ4n) is 10.9. The summed E-state index contributed by atoms with van der Waals surface area (Å²) >= 11 is 0. The van der Waals surface area contributed by atoms with Crippen LogP contribution < -0.4 is 18.9 Å². The number of aliphatic hydroxyl groups is 1. The van der Waals surface area contributed by atoms with Gasteiger partial charge in [0.05, 0.1) is 67.2 Å². The molecule has 4 aliphatic heterocycles. The molecule has 1 N–H and O–H groups in total. The Bertz CT molecular complexity index is 2240. The molecule has 64 heavy (non-hydrogen) atoms. The lowest BCUT2D eigenvalue weighted by Crippen LogP contribution is -2.48. The molecule has 4 aliphatic rings. The van der Waals surface area contributed by atoms with Crippen molar-refractivity contribution in [2.75, 3.05) is 87.7 Å². The summed E-state index contributed by atoms with van der Waals surface area (Å²) < 4.78 is 53.9. The Hall–Kier alpha value is -4.79. The number of benzene rings is 3. The van der Waals surface area contributed by atoms with Crippen LogP contribution in [0.4, 0.5) is 0 Å². The molecule has 0 spiro atoms. The Morgan fingerprint density at radius 1 is 0.797 bits per heavy atom. The molecule has 5 heterocycles. The fraction of sp³-hybridized carbons (Fsp3) is 0.549. The summed E-state index contributed by atoms with van der Waals surface area (Å²) in [7, 11) is 6.73. The number of hydrogen-bond donors (Lipinski definition) is 1. The van der Waals surface area contributed by atoms with Gasteiger partial charge in [0.25, 0.3) is 5.91 Å². The maximum atomic E-state index is 15.5. The first-order valence-corrected chi connectivity index (χ1v) is 23.1. The molecule has 7 atom stereocenters. The highest BCUT2D eigenvalue weighted by Gasteiger charge is 2.45. The molecule has 1 aromatic heterocycles. The van der Waals surface area contributed by atoms with Crippen molar-refractivity contribution >= 4 is 16.9 Å². The summed E-state index contributed by atoms with van der Waals surface area (Å²) in [4.78, 5) is 20.2. The van der Waals surface area contributed by atoms with E-state index < -0.39 is 6.29 Å². The van der Waals surface area contributed by atoms with E-state index in [1.54, 1.807) is 28.4 Å². The van der Waals surface area contributed by atoms with Crippen molar-refractivity contribution in [3.05, 3.63) is 94.4 Å². The van der Waals surface area contributed by atoms with Crippen LogP contribution in [0.5, 0.6) is 23.0 Å². The zero-order valence-corrected chi connectivity index (χ0v) is 38.3. The number of piperidine rings is 1. The first-order chi connectivity index (χ1) is 31.3. The third-order valence-corrected chi connectivity index (χ3v) is 14.1. The van der Waals surface area contributed by atoms with E-state index in [0.29, 0.717) is 69.1 Å². The number of allylic oxidation sites excluding steroid dienone is 1. The van der Waals surface area contributed by atoms with Crippen LogP contribution >= 0.6 is 0 Å². The van der Waals surface area contributed by atoms with Crippen molar-refractivity contribution in [3.63, 3.8) is 0 Å². The number of ether oxygens (including phenoxy) is 8. The third-order valence-electron chi connectivity index (χ3n) is 14.1. The van der Waals surface area contributed by atoms with E-state index >= 15 is 4.79 Å². The maximum absolute atomic E-state index is 15.5. The van der Waals surface area contributed by atoms with Crippen LogP contribution in [0.1, 0.15) is 85.3 Å². The highest BCUT2D eigenvalue weighted by molar-refractivity contribution is 5.93. The minimum Gasteiger partial charge on any atom is -0.493 e. The molecule has 1 amide bonds. The second-order valence-corrected chi connectivity index (χ2v) is 17.3. The number of rotatable bonds is 19. The molecule has 13 nitrogen and oxygen atoms in total. The number of hydrogen-bond acceptors (Lipinski definition) is 12. The highest BCUT2D eigenvalue weighted by Crippen LogP contribution is 2.50. The molecule has 1 saturated heterocycles. The Morgan fingerprint density at radius 3 is 2.17 bits per heavy atom. The monoisotopic (exact) mass is 882 g/mol. The van der Waals surface area contributed by atoms with E-state index in [4.69, 9.17) is 47.4 Å². The lowest BCUT2D eigenvalue weighted by atomic mass is 9.72. The molecule has 0 saturated carbocycles. The number of furan rings is 1. The lowest BCUT2D eigenvalue weighted by molar-refractivity contribution is -0.173. The van der Waals surface area contributed by atoms with Gasteiger partial charge in [-0.25, -0.2) is 0 Å². The summed E-state index contributed by atoms with van der Waals surface area (Å²) in [6, 6.07) is 16.5. The zero-order valence-electron chi connectivity index (χ0n) is 38.3. The third kappa shape index (κ3) is 9.33. The van der Waals surface area contributed by atoms with E-state index in [1.807, 2.05) is 42.4 Å². The maximum Gasteiger partial charge on any atom is 0.289 e. The number of amides is 1. The van der Waals surface area contributed by atoms with Crippen LogP contribution in [-0.2, 0) is 36.6 Å². The summed E-state index contributed by atoms with van der Waals surface area (Å²) in [6.07, 6.45) is 8.11. The van der Waals surface area contributed by atoms with Crippen LogP contribution in [0.2, 0.25) is 0 Å². The molecule has 1 fully saturated rings. The normalized spacial score (nSPS) is 24.3. The fourth-order valence-corrected chi connectivity index (χ4v) is 10.9. The minimum absolute atomic E-state index is 0.0306. The van der Waals surface area contributed by atoms with Gasteiger partial charge in [-0.15, -0.1) is 0 Å². The largest absolute Gasteiger partial charge is 0.493 e. The number of nitrogens with zero attached hydrogens (tertiary/aromatic N) is 2. The molecule has 4 aromatic rings. The number of para-hydroxylation sites is 1. The topological polar surface area (TPSA) is 131 Å². The molecule has 0 aliphatic carbocycles.